The topological polar surface area (TPSA) is 70.7 Å². The van der Waals surface area contributed by atoms with Crippen molar-refractivity contribution in [2.45, 2.75) is 6.42 Å². The highest BCUT2D eigenvalue weighted by molar-refractivity contribution is 6.30. The molecule has 1 aliphatic rings. The monoisotopic (exact) mass is 405 g/mol. The highest BCUT2D eigenvalue weighted by Gasteiger charge is 2.31. The Morgan fingerprint density at radius 2 is 1.93 bits per heavy atom. The molecule has 0 radical (unpaired) electrons. The summed E-state index contributed by atoms with van der Waals surface area (Å²) in [5, 5.41) is 5.20. The van der Waals surface area contributed by atoms with Crippen molar-refractivity contribution in [3.63, 3.8) is 0 Å². The Morgan fingerprint density at radius 1 is 1.21 bits per heavy atom. The third-order valence-electron chi connectivity index (χ3n) is 4.47. The molecular weight excluding hydrogens is 385 g/mol. The first-order valence-electron chi connectivity index (χ1n) is 8.88. The number of ether oxygens (including phenoxy) is 1. The Balaban J connectivity index is 1.40. The van der Waals surface area contributed by atoms with Gasteiger partial charge in [-0.25, -0.2) is 9.18 Å². The Kier molecular flexibility index (Phi) is 6.36. The van der Waals surface area contributed by atoms with Crippen LogP contribution in [0.5, 0.6) is 5.75 Å². The van der Waals surface area contributed by atoms with Crippen molar-refractivity contribution in [3.8, 4) is 5.75 Å². The quantitative estimate of drug-likeness (QED) is 0.774. The van der Waals surface area contributed by atoms with Gasteiger partial charge in [-0.15, -0.1) is 0 Å². The van der Waals surface area contributed by atoms with Crippen LogP contribution in [-0.4, -0.2) is 43.6 Å². The number of carbonyl (C=O) groups excluding carboxylic acids is 2. The molecule has 6 nitrogen and oxygen atoms in total. The number of nitrogens with zero attached hydrogens (tertiary/aromatic N) is 1. The van der Waals surface area contributed by atoms with Crippen molar-refractivity contribution in [1.82, 2.24) is 10.2 Å². The molecule has 2 aromatic carbocycles. The number of anilines is 1. The van der Waals surface area contributed by atoms with Crippen LogP contribution < -0.4 is 15.4 Å². The molecule has 148 valence electrons. The Morgan fingerprint density at radius 3 is 2.57 bits per heavy atom. The van der Waals surface area contributed by atoms with Gasteiger partial charge in [0.15, 0.2) is 0 Å². The molecule has 1 heterocycles. The number of rotatable bonds is 6. The molecule has 28 heavy (non-hydrogen) atoms. The van der Waals surface area contributed by atoms with Crippen molar-refractivity contribution in [2.24, 2.45) is 5.92 Å². The lowest BCUT2D eigenvalue weighted by Crippen LogP contribution is -2.52. The van der Waals surface area contributed by atoms with E-state index >= 15 is 0 Å². The third-order valence-corrected chi connectivity index (χ3v) is 4.78. The second-order valence-electron chi connectivity index (χ2n) is 6.63. The lowest BCUT2D eigenvalue weighted by atomic mass is 10.00. The predicted molar refractivity (Wildman–Crippen MR) is 105 cm³/mol. The number of urea groups is 1. The summed E-state index contributed by atoms with van der Waals surface area (Å²) in [6, 6.07) is 11.2. The van der Waals surface area contributed by atoms with Gasteiger partial charge in [-0.1, -0.05) is 17.7 Å². The molecule has 0 spiro atoms. The van der Waals surface area contributed by atoms with Gasteiger partial charge in [0.1, 0.15) is 11.6 Å². The molecule has 2 N–H and O–H groups in total. The molecule has 0 bridgehead atoms. The molecule has 3 rings (SSSR count). The van der Waals surface area contributed by atoms with E-state index in [0.29, 0.717) is 36.7 Å². The maximum atomic E-state index is 13.5. The van der Waals surface area contributed by atoms with Crippen LogP contribution in [0.25, 0.3) is 0 Å². The summed E-state index contributed by atoms with van der Waals surface area (Å²) < 4.78 is 19.2. The molecule has 0 unspecified atom stereocenters. The van der Waals surface area contributed by atoms with E-state index in [2.05, 4.69) is 10.6 Å². The fourth-order valence-corrected chi connectivity index (χ4v) is 2.97. The van der Waals surface area contributed by atoms with Gasteiger partial charge in [-0.05, 0) is 42.0 Å². The number of likely N-dealkylation sites (tertiary alicyclic amines) is 1. The molecule has 8 heteroatoms. The number of hydrogen-bond acceptors (Lipinski definition) is 3. The first-order valence-corrected chi connectivity index (χ1v) is 9.25. The number of benzene rings is 2. The minimum Gasteiger partial charge on any atom is -0.493 e. The molecule has 0 aliphatic carbocycles. The van der Waals surface area contributed by atoms with Gasteiger partial charge in [-0.2, -0.15) is 0 Å². The van der Waals surface area contributed by atoms with E-state index in [1.165, 1.54) is 12.1 Å². The van der Waals surface area contributed by atoms with E-state index in [-0.39, 0.29) is 29.3 Å². The minimum atomic E-state index is -0.515. The van der Waals surface area contributed by atoms with Crippen LogP contribution in [0.15, 0.2) is 42.5 Å². The molecule has 1 saturated heterocycles. The lowest BCUT2D eigenvalue weighted by molar-refractivity contribution is -0.137. The van der Waals surface area contributed by atoms with Gasteiger partial charge in [-0.3, -0.25) is 4.79 Å². The standard InChI is InChI=1S/C20H21ClFN3O3/c1-23-20(27)24-15-3-5-16(6-4-15)28-12-14-10-25(11-14)19(26)9-13-2-7-17(21)18(22)8-13/h2-8,14H,9-12H2,1H3,(H2,23,24,27). The fourth-order valence-electron chi connectivity index (χ4n) is 2.86. The number of carbonyl (C=O) groups is 2. The van der Waals surface area contributed by atoms with Gasteiger partial charge in [0, 0.05) is 31.7 Å². The van der Waals surface area contributed by atoms with Crippen molar-refractivity contribution < 1.29 is 18.7 Å². The van der Waals surface area contributed by atoms with Crippen LogP contribution in [0.4, 0.5) is 14.9 Å². The van der Waals surface area contributed by atoms with Crippen molar-refractivity contribution in [3.05, 3.63) is 58.9 Å². The summed E-state index contributed by atoms with van der Waals surface area (Å²) in [7, 11) is 1.55. The minimum absolute atomic E-state index is 0.0393. The normalized spacial score (nSPS) is 13.6. The number of hydrogen-bond donors (Lipinski definition) is 2. The van der Waals surface area contributed by atoms with Crippen LogP contribution in [-0.2, 0) is 11.2 Å². The van der Waals surface area contributed by atoms with Crippen molar-refractivity contribution >= 4 is 29.2 Å². The van der Waals surface area contributed by atoms with E-state index in [0.717, 1.165) is 0 Å². The van der Waals surface area contributed by atoms with Crippen molar-refractivity contribution in [1.29, 1.82) is 0 Å². The zero-order valence-electron chi connectivity index (χ0n) is 15.4. The van der Waals surface area contributed by atoms with E-state index in [4.69, 9.17) is 16.3 Å². The van der Waals surface area contributed by atoms with Gasteiger partial charge >= 0.3 is 6.03 Å². The number of nitrogens with one attached hydrogen (secondary N) is 2. The average Bonchev–Trinajstić information content (AvgIpc) is 2.64. The van der Waals surface area contributed by atoms with E-state index in [9.17, 15) is 14.0 Å². The Hall–Kier alpha value is -2.80. The lowest BCUT2D eigenvalue weighted by Gasteiger charge is -2.39. The van der Waals surface area contributed by atoms with Gasteiger partial charge in [0.2, 0.25) is 5.91 Å². The molecule has 2 aromatic rings. The van der Waals surface area contributed by atoms with Crippen molar-refractivity contribution in [2.75, 3.05) is 32.1 Å². The summed E-state index contributed by atoms with van der Waals surface area (Å²) in [5.74, 6) is 0.402. The molecule has 0 saturated carbocycles. The molecule has 0 aromatic heterocycles. The van der Waals surface area contributed by atoms with E-state index < -0.39 is 5.82 Å². The average molecular weight is 406 g/mol. The van der Waals surface area contributed by atoms with E-state index in [1.54, 1.807) is 42.3 Å². The molecular formula is C20H21ClFN3O3. The van der Waals surface area contributed by atoms with Crippen LogP contribution in [0.2, 0.25) is 5.02 Å². The predicted octanol–water partition coefficient (Wildman–Crippen LogP) is 3.31. The highest BCUT2D eigenvalue weighted by atomic mass is 35.5. The van der Waals surface area contributed by atoms with Gasteiger partial charge < -0.3 is 20.3 Å². The Labute approximate surface area is 167 Å². The highest BCUT2D eigenvalue weighted by Crippen LogP contribution is 2.22. The number of amides is 3. The Bertz CT molecular complexity index is 854. The van der Waals surface area contributed by atoms with E-state index in [1.807, 2.05) is 0 Å². The van der Waals surface area contributed by atoms with Crippen LogP contribution in [0.3, 0.4) is 0 Å². The zero-order valence-corrected chi connectivity index (χ0v) is 16.1. The SMILES string of the molecule is CNC(=O)Nc1ccc(OCC2CN(C(=O)Cc3ccc(Cl)c(F)c3)C2)cc1. The molecule has 1 aliphatic heterocycles. The van der Waals surface area contributed by atoms with Gasteiger partial charge in [0.25, 0.3) is 0 Å². The number of halogens is 2. The second kappa shape index (κ2) is 8.93. The smallest absolute Gasteiger partial charge is 0.318 e. The van der Waals surface area contributed by atoms with Crippen LogP contribution in [0.1, 0.15) is 5.56 Å². The summed E-state index contributed by atoms with van der Waals surface area (Å²) in [6.07, 6.45) is 0.154. The molecule has 0 atom stereocenters. The van der Waals surface area contributed by atoms with Crippen LogP contribution >= 0.6 is 11.6 Å². The summed E-state index contributed by atoms with van der Waals surface area (Å²) in [4.78, 5) is 25.2. The largest absolute Gasteiger partial charge is 0.493 e. The molecule has 3 amide bonds. The molecule has 1 fully saturated rings. The maximum Gasteiger partial charge on any atom is 0.318 e. The summed E-state index contributed by atoms with van der Waals surface area (Å²) in [5.41, 5.74) is 1.28. The summed E-state index contributed by atoms with van der Waals surface area (Å²) >= 11 is 5.65. The third kappa shape index (κ3) is 5.13. The van der Waals surface area contributed by atoms with Crippen LogP contribution in [0, 0.1) is 11.7 Å². The second-order valence-corrected chi connectivity index (χ2v) is 7.04. The fraction of sp³-hybridized carbons (Fsp3) is 0.300. The van der Waals surface area contributed by atoms with Gasteiger partial charge in [0.05, 0.1) is 18.1 Å². The first kappa shape index (κ1) is 19.9. The zero-order chi connectivity index (χ0) is 20.1. The maximum absolute atomic E-state index is 13.5. The first-order chi connectivity index (χ1) is 13.4. The summed E-state index contributed by atoms with van der Waals surface area (Å²) in [6.45, 7) is 1.73.